The highest BCUT2D eigenvalue weighted by atomic mass is 16.5. The average molecular weight is 573 g/mol. The van der Waals surface area contributed by atoms with E-state index in [4.69, 9.17) is 9.72 Å². The van der Waals surface area contributed by atoms with Gasteiger partial charge in [-0.25, -0.2) is 9.97 Å². The Labute approximate surface area is 254 Å². The summed E-state index contributed by atoms with van der Waals surface area (Å²) in [5, 5.41) is 8.73. The molecule has 0 aliphatic carbocycles. The quantitative estimate of drug-likeness (QED) is 0.117. The van der Waals surface area contributed by atoms with E-state index in [0.29, 0.717) is 29.9 Å². The van der Waals surface area contributed by atoms with Gasteiger partial charge in [-0.1, -0.05) is 58.0 Å². The van der Waals surface area contributed by atoms with Crippen LogP contribution in [-0.2, 0) is 10.2 Å². The maximum Gasteiger partial charge on any atom is 0.234 e. The third-order valence-electron chi connectivity index (χ3n) is 8.40. The number of aromatic nitrogens is 6. The largest absolute Gasteiger partial charge is 0.492 e. The fourth-order valence-corrected chi connectivity index (χ4v) is 5.26. The SMILES string of the molecule is C=C(OCCCC)c1ccc(-c2ccc(C(C)(c3ccc(-c4cnc(-n5c(C)ccc5C)nc4)cc3)C(C)C)nc2)nn1. The molecule has 7 heteroatoms. The molecule has 1 unspecified atom stereocenters. The summed E-state index contributed by atoms with van der Waals surface area (Å²) in [6.45, 7) is 17.6. The van der Waals surface area contributed by atoms with Crippen molar-refractivity contribution >= 4 is 5.76 Å². The molecule has 0 amide bonds. The first kappa shape index (κ1) is 29.8. The molecule has 7 nitrogen and oxygen atoms in total. The molecule has 0 aliphatic rings. The van der Waals surface area contributed by atoms with Gasteiger partial charge in [-0.2, -0.15) is 0 Å². The van der Waals surface area contributed by atoms with Crippen LogP contribution >= 0.6 is 0 Å². The van der Waals surface area contributed by atoms with Gasteiger partial charge in [-0.15, -0.1) is 10.2 Å². The Balaban J connectivity index is 1.34. The Hall–Kier alpha value is -4.65. The second-order valence-corrected chi connectivity index (χ2v) is 11.5. The summed E-state index contributed by atoms with van der Waals surface area (Å²) in [6.07, 6.45) is 7.72. The summed E-state index contributed by atoms with van der Waals surface area (Å²) in [6, 6.07) is 20.8. The number of ether oxygens (including phenoxy) is 1. The van der Waals surface area contributed by atoms with Crippen molar-refractivity contribution in [2.24, 2.45) is 5.92 Å². The first-order valence-electron chi connectivity index (χ1n) is 14.9. The minimum absolute atomic E-state index is 0.288. The lowest BCUT2D eigenvalue weighted by Gasteiger charge is -2.34. The van der Waals surface area contributed by atoms with Crippen LogP contribution in [0.15, 0.2) is 85.8 Å². The number of pyridine rings is 1. The predicted molar refractivity (Wildman–Crippen MR) is 173 cm³/mol. The van der Waals surface area contributed by atoms with Crippen molar-refractivity contribution in [1.29, 1.82) is 0 Å². The minimum Gasteiger partial charge on any atom is -0.492 e. The fraction of sp³-hybridized carbons (Fsp3) is 0.306. The first-order valence-corrected chi connectivity index (χ1v) is 14.9. The zero-order chi connectivity index (χ0) is 30.6. The normalized spacial score (nSPS) is 12.7. The van der Waals surface area contributed by atoms with Crippen LogP contribution < -0.4 is 0 Å². The van der Waals surface area contributed by atoms with E-state index in [0.717, 1.165) is 52.3 Å². The smallest absolute Gasteiger partial charge is 0.234 e. The maximum atomic E-state index is 5.67. The van der Waals surface area contributed by atoms with E-state index in [1.807, 2.05) is 30.7 Å². The number of hydrogen-bond acceptors (Lipinski definition) is 6. The van der Waals surface area contributed by atoms with Crippen LogP contribution in [0.25, 0.3) is 34.1 Å². The van der Waals surface area contributed by atoms with Gasteiger partial charge in [0.05, 0.1) is 18.0 Å². The summed E-state index contributed by atoms with van der Waals surface area (Å²) < 4.78 is 7.73. The van der Waals surface area contributed by atoms with Gasteiger partial charge in [-0.05, 0) is 80.6 Å². The van der Waals surface area contributed by atoms with E-state index in [9.17, 15) is 0 Å². The van der Waals surface area contributed by atoms with E-state index in [2.05, 4.69) is 121 Å². The standard InChI is InChI=1S/C36H40N6O/c1-8-9-20-43-27(6)32-17-18-33(41-40-32)29-14-19-34(37-21-29)36(7,24(2)3)31-15-12-28(13-16-31)30-22-38-35(39-23-30)42-25(4)10-11-26(42)5/h10-19,21-24H,6,8-9,20H2,1-5,7H3. The monoisotopic (exact) mass is 572 g/mol. The number of hydrogen-bond donors (Lipinski definition) is 0. The van der Waals surface area contributed by atoms with Crippen molar-refractivity contribution in [1.82, 2.24) is 29.7 Å². The summed E-state index contributed by atoms with van der Waals surface area (Å²) >= 11 is 0. The van der Waals surface area contributed by atoms with Crippen LogP contribution in [-0.4, -0.2) is 36.3 Å². The van der Waals surface area contributed by atoms with Crippen LogP contribution in [0.4, 0.5) is 0 Å². The molecule has 0 bridgehead atoms. The average Bonchev–Trinajstić information content (AvgIpc) is 3.38. The molecule has 0 saturated heterocycles. The highest BCUT2D eigenvalue weighted by Gasteiger charge is 2.34. The van der Waals surface area contributed by atoms with E-state index in [1.54, 1.807) is 0 Å². The van der Waals surface area contributed by atoms with Crippen LogP contribution in [0.5, 0.6) is 0 Å². The maximum absolute atomic E-state index is 5.67. The molecule has 0 N–H and O–H groups in total. The second kappa shape index (κ2) is 12.7. The lowest BCUT2D eigenvalue weighted by Crippen LogP contribution is -2.31. The zero-order valence-corrected chi connectivity index (χ0v) is 26.0. The molecule has 43 heavy (non-hydrogen) atoms. The number of aryl methyl sites for hydroxylation is 2. The molecule has 0 radical (unpaired) electrons. The van der Waals surface area contributed by atoms with Gasteiger partial charge in [0, 0.05) is 46.5 Å². The number of benzene rings is 1. The van der Waals surface area contributed by atoms with E-state index in [1.165, 1.54) is 5.56 Å². The highest BCUT2D eigenvalue weighted by Crippen LogP contribution is 2.39. The van der Waals surface area contributed by atoms with Gasteiger partial charge in [-0.3, -0.25) is 9.55 Å². The topological polar surface area (TPSA) is 78.6 Å². The highest BCUT2D eigenvalue weighted by molar-refractivity contribution is 5.63. The minimum atomic E-state index is -0.288. The third kappa shape index (κ3) is 6.12. The number of nitrogens with zero attached hydrogens (tertiary/aromatic N) is 6. The molecule has 1 atom stereocenters. The molecule has 0 saturated carbocycles. The van der Waals surface area contributed by atoms with Crippen molar-refractivity contribution in [3.8, 4) is 28.3 Å². The Morgan fingerprint density at radius 1 is 0.814 bits per heavy atom. The van der Waals surface area contributed by atoms with Crippen LogP contribution in [0, 0.1) is 19.8 Å². The van der Waals surface area contributed by atoms with Crippen molar-refractivity contribution in [2.75, 3.05) is 6.61 Å². The summed E-state index contributed by atoms with van der Waals surface area (Å²) in [5.74, 6) is 1.54. The van der Waals surface area contributed by atoms with Crippen molar-refractivity contribution in [3.63, 3.8) is 0 Å². The summed E-state index contributed by atoms with van der Waals surface area (Å²) in [7, 11) is 0. The summed E-state index contributed by atoms with van der Waals surface area (Å²) in [4.78, 5) is 14.2. The Kier molecular flexibility index (Phi) is 8.81. The van der Waals surface area contributed by atoms with Crippen molar-refractivity contribution in [2.45, 2.75) is 59.8 Å². The molecule has 1 aromatic carbocycles. The van der Waals surface area contributed by atoms with E-state index >= 15 is 0 Å². The molecule has 220 valence electrons. The van der Waals surface area contributed by atoms with Gasteiger partial charge in [0.25, 0.3) is 0 Å². The molecule has 5 rings (SSSR count). The molecule has 0 spiro atoms. The van der Waals surface area contributed by atoms with Crippen LogP contribution in [0.1, 0.15) is 68.9 Å². The molecule has 0 fully saturated rings. The van der Waals surface area contributed by atoms with Crippen LogP contribution in [0.3, 0.4) is 0 Å². The zero-order valence-electron chi connectivity index (χ0n) is 26.0. The lowest BCUT2D eigenvalue weighted by molar-refractivity contribution is 0.269. The molecule has 5 aromatic rings. The number of rotatable bonds is 11. The first-order chi connectivity index (χ1) is 20.7. The third-order valence-corrected chi connectivity index (χ3v) is 8.40. The van der Waals surface area contributed by atoms with Gasteiger partial charge >= 0.3 is 0 Å². The lowest BCUT2D eigenvalue weighted by atomic mass is 9.70. The number of unbranched alkanes of at least 4 members (excludes halogenated alkanes) is 1. The van der Waals surface area contributed by atoms with Crippen molar-refractivity contribution < 1.29 is 4.74 Å². The molecule has 0 aliphatic heterocycles. The Morgan fingerprint density at radius 3 is 2.02 bits per heavy atom. The second-order valence-electron chi connectivity index (χ2n) is 11.5. The van der Waals surface area contributed by atoms with Gasteiger partial charge in [0.1, 0.15) is 11.5 Å². The Morgan fingerprint density at radius 2 is 1.47 bits per heavy atom. The molecular weight excluding hydrogens is 532 g/mol. The molecule has 4 aromatic heterocycles. The van der Waals surface area contributed by atoms with E-state index in [-0.39, 0.29) is 5.41 Å². The van der Waals surface area contributed by atoms with Gasteiger partial charge in [0.15, 0.2) is 0 Å². The Bertz CT molecular complexity index is 1650. The molecular formula is C36H40N6O. The van der Waals surface area contributed by atoms with Gasteiger partial charge < -0.3 is 4.74 Å². The van der Waals surface area contributed by atoms with E-state index < -0.39 is 0 Å². The predicted octanol–water partition coefficient (Wildman–Crippen LogP) is 8.15. The summed E-state index contributed by atoms with van der Waals surface area (Å²) in [5.41, 5.74) is 8.53. The molecule has 4 heterocycles. The fourth-order valence-electron chi connectivity index (χ4n) is 5.26. The van der Waals surface area contributed by atoms with Gasteiger partial charge in [0.2, 0.25) is 5.95 Å². The van der Waals surface area contributed by atoms with Crippen molar-refractivity contribution in [3.05, 3.63) is 114 Å². The van der Waals surface area contributed by atoms with Crippen LogP contribution in [0.2, 0.25) is 0 Å².